The number of hydrogen-bond acceptors (Lipinski definition) is 6. The van der Waals surface area contributed by atoms with E-state index in [4.69, 9.17) is 37.7 Å². The monoisotopic (exact) mass is 493 g/mol. The summed E-state index contributed by atoms with van der Waals surface area (Å²) in [6.07, 6.45) is 3.54. The second kappa shape index (κ2) is 11.7. The van der Waals surface area contributed by atoms with E-state index in [0.29, 0.717) is 29.8 Å². The van der Waals surface area contributed by atoms with Crippen LogP contribution < -0.4 is 0 Å². The summed E-state index contributed by atoms with van der Waals surface area (Å²) in [5, 5.41) is 2.18. The Morgan fingerprint density at radius 2 is 1.81 bits per heavy atom. The van der Waals surface area contributed by atoms with E-state index in [1.807, 2.05) is 24.3 Å². The molecule has 0 N–H and O–H groups in total. The predicted octanol–water partition coefficient (Wildman–Crippen LogP) is 5.99. The van der Waals surface area contributed by atoms with Gasteiger partial charge in [0.2, 0.25) is 0 Å². The average Bonchev–Trinajstić information content (AvgIpc) is 3.05. The van der Waals surface area contributed by atoms with Crippen LogP contribution in [0.2, 0.25) is 10.0 Å². The van der Waals surface area contributed by atoms with Gasteiger partial charge in [0.05, 0.1) is 18.8 Å². The molecule has 2 heterocycles. The van der Waals surface area contributed by atoms with E-state index in [2.05, 4.69) is 23.4 Å². The van der Waals surface area contributed by atoms with Crippen molar-refractivity contribution in [1.82, 2.24) is 14.5 Å². The predicted molar refractivity (Wildman–Crippen MR) is 127 cm³/mol. The van der Waals surface area contributed by atoms with E-state index >= 15 is 0 Å². The number of carbonyl (C=O) groups is 1. The molecule has 6 nitrogen and oxygen atoms in total. The Balaban J connectivity index is 1.94. The first kappa shape index (κ1) is 24.6. The minimum Gasteiger partial charge on any atom is -0.463 e. The van der Waals surface area contributed by atoms with Crippen LogP contribution in [0.25, 0.3) is 0 Å². The van der Waals surface area contributed by atoms with Crippen LogP contribution >= 0.6 is 35.0 Å². The number of esters is 1. The maximum absolute atomic E-state index is 11.0. The number of benzene rings is 1. The number of hydrogen-bond donors (Lipinski definition) is 0. The van der Waals surface area contributed by atoms with Crippen molar-refractivity contribution in [3.05, 3.63) is 69.9 Å². The van der Waals surface area contributed by atoms with E-state index in [1.54, 1.807) is 30.2 Å². The number of imidazole rings is 1. The van der Waals surface area contributed by atoms with Gasteiger partial charge in [0.25, 0.3) is 0 Å². The molecule has 9 heteroatoms. The highest BCUT2D eigenvalue weighted by atomic mass is 35.5. The van der Waals surface area contributed by atoms with Crippen molar-refractivity contribution in [2.24, 2.45) is 0 Å². The molecular formula is C23H25Cl2N3O3S. The fourth-order valence-corrected chi connectivity index (χ4v) is 4.95. The summed E-state index contributed by atoms with van der Waals surface area (Å²) >= 11 is 14.0. The van der Waals surface area contributed by atoms with Gasteiger partial charge in [0.1, 0.15) is 24.1 Å². The van der Waals surface area contributed by atoms with Crippen LogP contribution in [0.15, 0.2) is 52.6 Å². The summed E-state index contributed by atoms with van der Waals surface area (Å²) in [5.74, 6) is 0.670. The normalized spacial score (nSPS) is 11.2. The first-order chi connectivity index (χ1) is 15.3. The summed E-state index contributed by atoms with van der Waals surface area (Å²) in [7, 11) is 0. The van der Waals surface area contributed by atoms with Crippen LogP contribution in [0.5, 0.6) is 0 Å². The molecule has 0 unspecified atom stereocenters. The number of carbonyl (C=O) groups excluding carboxylic acids is 1. The molecule has 0 bridgehead atoms. The number of pyridine rings is 1. The molecule has 170 valence electrons. The quantitative estimate of drug-likeness (QED) is 0.255. The molecule has 32 heavy (non-hydrogen) atoms. The summed E-state index contributed by atoms with van der Waals surface area (Å²) < 4.78 is 12.9. The fraction of sp³-hybridized carbons (Fsp3) is 0.348. The molecule has 2 aromatic heterocycles. The van der Waals surface area contributed by atoms with Crippen LogP contribution in [0.4, 0.5) is 0 Å². The molecule has 0 amide bonds. The highest BCUT2D eigenvalue weighted by Gasteiger charge is 2.21. The molecule has 3 rings (SSSR count). The van der Waals surface area contributed by atoms with Crippen LogP contribution in [0, 0.1) is 0 Å². The van der Waals surface area contributed by atoms with Crippen molar-refractivity contribution in [2.45, 2.75) is 49.8 Å². The van der Waals surface area contributed by atoms with Crippen LogP contribution in [-0.4, -0.2) is 33.7 Å². The van der Waals surface area contributed by atoms with Gasteiger partial charge in [0.15, 0.2) is 0 Å². The van der Waals surface area contributed by atoms with Gasteiger partial charge >= 0.3 is 5.97 Å². The first-order valence-electron chi connectivity index (χ1n) is 10.2. The Morgan fingerprint density at radius 3 is 2.44 bits per heavy atom. The lowest BCUT2D eigenvalue weighted by Crippen LogP contribution is -2.11. The Labute approximate surface area is 202 Å². The zero-order chi connectivity index (χ0) is 23.1. The Hall–Kier alpha value is -2.06. The van der Waals surface area contributed by atoms with Gasteiger partial charge in [-0.2, -0.15) is 0 Å². The summed E-state index contributed by atoms with van der Waals surface area (Å²) in [6.45, 7) is 7.01. The highest BCUT2D eigenvalue weighted by Crippen LogP contribution is 2.37. The molecule has 0 saturated carbocycles. The van der Waals surface area contributed by atoms with Crippen molar-refractivity contribution >= 4 is 40.9 Å². The number of halogens is 2. The SMILES string of the molecule is CC(=O)OCCOCc1nc(C(C)C)c(Sc2cc(Cl)cc(Cl)c2)n1Cc1ccncc1. The van der Waals surface area contributed by atoms with Gasteiger partial charge in [-0.25, -0.2) is 4.98 Å². The summed E-state index contributed by atoms with van der Waals surface area (Å²) in [5.41, 5.74) is 2.07. The van der Waals surface area contributed by atoms with Crippen molar-refractivity contribution < 1.29 is 14.3 Å². The second-order valence-corrected chi connectivity index (χ2v) is 9.35. The number of aromatic nitrogens is 3. The zero-order valence-corrected chi connectivity index (χ0v) is 20.5. The van der Waals surface area contributed by atoms with Gasteiger partial charge in [0, 0.05) is 34.3 Å². The fourth-order valence-electron chi connectivity index (χ4n) is 3.04. The smallest absolute Gasteiger partial charge is 0.302 e. The topological polar surface area (TPSA) is 66.2 Å². The van der Waals surface area contributed by atoms with E-state index in [1.165, 1.54) is 6.92 Å². The van der Waals surface area contributed by atoms with Gasteiger partial charge in [-0.15, -0.1) is 0 Å². The molecule has 0 atom stereocenters. The van der Waals surface area contributed by atoms with Crippen molar-refractivity contribution in [2.75, 3.05) is 13.2 Å². The molecule has 0 aliphatic rings. The molecule has 0 radical (unpaired) electrons. The third-order valence-corrected chi connectivity index (χ3v) is 6.01. The second-order valence-electron chi connectivity index (χ2n) is 7.41. The zero-order valence-electron chi connectivity index (χ0n) is 18.2. The number of rotatable bonds is 10. The third-order valence-electron chi connectivity index (χ3n) is 4.48. The summed E-state index contributed by atoms with van der Waals surface area (Å²) in [4.78, 5) is 20.9. The van der Waals surface area contributed by atoms with Crippen molar-refractivity contribution in [1.29, 1.82) is 0 Å². The Kier molecular flexibility index (Phi) is 8.99. The maximum atomic E-state index is 11.0. The molecule has 0 saturated heterocycles. The van der Waals surface area contributed by atoms with Crippen LogP contribution in [-0.2, 0) is 27.4 Å². The lowest BCUT2D eigenvalue weighted by molar-refractivity contribution is -0.142. The minimum atomic E-state index is -0.325. The maximum Gasteiger partial charge on any atom is 0.302 e. The van der Waals surface area contributed by atoms with E-state index < -0.39 is 0 Å². The molecular weight excluding hydrogens is 469 g/mol. The largest absolute Gasteiger partial charge is 0.463 e. The van der Waals surface area contributed by atoms with Crippen molar-refractivity contribution in [3.8, 4) is 0 Å². The number of nitrogens with zero attached hydrogens (tertiary/aromatic N) is 3. The molecule has 1 aromatic carbocycles. The lowest BCUT2D eigenvalue weighted by Gasteiger charge is -2.14. The Bertz CT molecular complexity index is 1040. The standard InChI is InChI=1S/C23H25Cl2N3O3S/c1-15(2)22-23(32-20-11-18(24)10-19(25)12-20)28(13-17-4-6-26-7-5-17)21(27-22)14-30-8-9-31-16(3)29/h4-7,10-12,15H,8-9,13-14H2,1-3H3. The minimum absolute atomic E-state index is 0.200. The molecule has 0 fully saturated rings. The highest BCUT2D eigenvalue weighted by molar-refractivity contribution is 7.99. The lowest BCUT2D eigenvalue weighted by atomic mass is 10.1. The van der Waals surface area contributed by atoms with Gasteiger partial charge in [-0.1, -0.05) is 48.8 Å². The van der Waals surface area contributed by atoms with Crippen LogP contribution in [0.1, 0.15) is 43.8 Å². The molecule has 0 aliphatic heterocycles. The Morgan fingerprint density at radius 1 is 1.12 bits per heavy atom. The van der Waals surface area contributed by atoms with Crippen LogP contribution in [0.3, 0.4) is 0 Å². The van der Waals surface area contributed by atoms with Gasteiger partial charge < -0.3 is 14.0 Å². The van der Waals surface area contributed by atoms with Gasteiger partial charge in [-0.05, 0) is 41.8 Å². The van der Waals surface area contributed by atoms with E-state index in [-0.39, 0.29) is 18.5 Å². The van der Waals surface area contributed by atoms with E-state index in [0.717, 1.165) is 27.0 Å². The molecule has 0 spiro atoms. The summed E-state index contributed by atoms with van der Waals surface area (Å²) in [6, 6.07) is 9.45. The third kappa shape index (κ3) is 6.97. The van der Waals surface area contributed by atoms with E-state index in [9.17, 15) is 4.79 Å². The van der Waals surface area contributed by atoms with Gasteiger partial charge in [-0.3, -0.25) is 9.78 Å². The molecule has 0 aliphatic carbocycles. The van der Waals surface area contributed by atoms with Crippen molar-refractivity contribution in [3.63, 3.8) is 0 Å². The molecule has 3 aromatic rings. The average molecular weight is 494 g/mol. The number of ether oxygens (including phenoxy) is 2. The first-order valence-corrected chi connectivity index (χ1v) is 11.7.